The largest absolute Gasteiger partial charge is 0.573 e. The molecule has 9 nitrogen and oxygen atoms in total. The van der Waals surface area contributed by atoms with E-state index in [1.165, 1.54) is 12.1 Å². The molecule has 20 heteroatoms. The van der Waals surface area contributed by atoms with Crippen molar-refractivity contribution in [1.29, 1.82) is 0 Å². The van der Waals surface area contributed by atoms with Gasteiger partial charge in [0.25, 0.3) is 10.0 Å². The molecule has 5 rings (SSSR count). The zero-order chi connectivity index (χ0) is 35.3. The summed E-state index contributed by atoms with van der Waals surface area (Å²) in [4.78, 5) is 4.00. The molecule has 0 saturated carbocycles. The number of alkyl halides is 9. The summed E-state index contributed by atoms with van der Waals surface area (Å²) in [6.07, 6.45) is -10.1. The van der Waals surface area contributed by atoms with Crippen LogP contribution in [-0.2, 0) is 39.4 Å². The van der Waals surface area contributed by atoms with Gasteiger partial charge in [-0.15, -0.1) is 13.2 Å². The second-order valence-corrected chi connectivity index (χ2v) is 13.3. The predicted molar refractivity (Wildman–Crippen MR) is 150 cm³/mol. The lowest BCUT2D eigenvalue weighted by atomic mass is 10.1. The van der Waals surface area contributed by atoms with Crippen LogP contribution in [0.25, 0.3) is 0 Å². The van der Waals surface area contributed by atoms with Gasteiger partial charge in [0.15, 0.2) is 5.75 Å². The normalized spacial score (nSPS) is 14.2. The number of rotatable bonds is 7. The lowest BCUT2D eigenvalue weighted by Crippen LogP contribution is -2.32. The first-order valence-electron chi connectivity index (χ1n) is 13.1. The third kappa shape index (κ3) is 7.08. The molecule has 4 aromatic rings. The molecular formula is C28H18F9N3O6S2. The number of benzene rings is 3. The van der Waals surface area contributed by atoms with Gasteiger partial charge in [-0.3, -0.25) is 4.31 Å². The summed E-state index contributed by atoms with van der Waals surface area (Å²) in [5.74, 6) is -2.51. The van der Waals surface area contributed by atoms with Crippen molar-refractivity contribution in [3.63, 3.8) is 0 Å². The average Bonchev–Trinajstić information content (AvgIpc) is 3.11. The number of para-hydroxylation sites is 1. The molecule has 0 bridgehead atoms. The van der Waals surface area contributed by atoms with Gasteiger partial charge in [-0.05, 0) is 48.0 Å². The maximum atomic E-state index is 14.1. The van der Waals surface area contributed by atoms with Crippen LogP contribution in [0.2, 0.25) is 0 Å². The Morgan fingerprint density at radius 2 is 1.40 bits per heavy atom. The van der Waals surface area contributed by atoms with E-state index in [0.29, 0.717) is 46.3 Å². The fourth-order valence-electron chi connectivity index (χ4n) is 4.62. The molecule has 0 amide bonds. The number of ether oxygens (including phenoxy) is 1. The lowest BCUT2D eigenvalue weighted by molar-refractivity contribution is -0.274. The van der Waals surface area contributed by atoms with E-state index < -0.39 is 84.0 Å². The van der Waals surface area contributed by atoms with Gasteiger partial charge in [0, 0.05) is 12.1 Å². The number of anilines is 3. The monoisotopic (exact) mass is 727 g/mol. The highest BCUT2D eigenvalue weighted by atomic mass is 32.2. The van der Waals surface area contributed by atoms with Crippen LogP contribution in [0.5, 0.6) is 11.5 Å². The molecule has 1 aromatic heterocycles. The van der Waals surface area contributed by atoms with Crippen molar-refractivity contribution in [2.45, 2.75) is 36.0 Å². The Hall–Kier alpha value is -4.72. The van der Waals surface area contributed by atoms with Crippen molar-refractivity contribution < 1.29 is 65.3 Å². The van der Waals surface area contributed by atoms with Crippen molar-refractivity contribution in [3.05, 3.63) is 102 Å². The van der Waals surface area contributed by atoms with Crippen LogP contribution >= 0.6 is 0 Å². The second kappa shape index (κ2) is 12.1. The van der Waals surface area contributed by atoms with Gasteiger partial charge in [-0.1, -0.05) is 42.5 Å². The van der Waals surface area contributed by atoms with Crippen molar-refractivity contribution in [1.82, 2.24) is 4.98 Å². The third-order valence-electron chi connectivity index (χ3n) is 6.65. The maximum absolute atomic E-state index is 14.1. The first-order chi connectivity index (χ1) is 22.2. The summed E-state index contributed by atoms with van der Waals surface area (Å²) in [5, 5.41) is 0. The van der Waals surface area contributed by atoms with Gasteiger partial charge in [0.05, 0.1) is 17.1 Å². The highest BCUT2D eigenvalue weighted by Crippen LogP contribution is 2.49. The Morgan fingerprint density at radius 3 is 1.98 bits per heavy atom. The van der Waals surface area contributed by atoms with Crippen molar-refractivity contribution >= 4 is 37.3 Å². The van der Waals surface area contributed by atoms with E-state index in [0.717, 1.165) is 23.1 Å². The van der Waals surface area contributed by atoms with Crippen LogP contribution in [-0.4, -0.2) is 33.7 Å². The summed E-state index contributed by atoms with van der Waals surface area (Å²) in [7, 11) is -11.5. The molecule has 0 atom stereocenters. The van der Waals surface area contributed by atoms with Gasteiger partial charge in [0.1, 0.15) is 22.9 Å². The first-order valence-corrected chi connectivity index (χ1v) is 15.9. The SMILES string of the molecule is O=S(=O)(c1ccc(OC(F)(F)F)cc1)N1Cc2ccc(C(F)(F)F)nc2N(Cc2ccccc2)c2cccc(OS(=O)(=O)C(F)(F)F)c21. The van der Waals surface area contributed by atoms with E-state index in [4.69, 9.17) is 0 Å². The molecule has 0 aliphatic carbocycles. The zero-order valence-electron chi connectivity index (χ0n) is 23.5. The number of halogens is 9. The van der Waals surface area contributed by atoms with E-state index in [9.17, 15) is 56.3 Å². The van der Waals surface area contributed by atoms with Crippen molar-refractivity contribution in [3.8, 4) is 11.5 Å². The number of hydrogen-bond donors (Lipinski definition) is 0. The maximum Gasteiger partial charge on any atom is 0.573 e. The standard InChI is InChI=1S/C28H18F9N3O6S2/c29-26(30,31)23-14-9-18-16-40(47(41,42)20-12-10-19(11-13-20)45-27(32,33)34)24-21(7-4-8-22(24)46-48(43,44)28(35,36)37)39(25(18)38-23)15-17-5-2-1-3-6-17/h1-14H,15-16H2. The van der Waals surface area contributed by atoms with Crippen LogP contribution in [0.3, 0.4) is 0 Å². The van der Waals surface area contributed by atoms with Gasteiger partial charge >= 0.3 is 28.2 Å². The van der Waals surface area contributed by atoms with E-state index in [2.05, 4.69) is 13.9 Å². The molecule has 1 aliphatic rings. The van der Waals surface area contributed by atoms with E-state index in [1.54, 1.807) is 18.2 Å². The second-order valence-electron chi connectivity index (χ2n) is 9.89. The molecule has 1 aliphatic heterocycles. The lowest BCUT2D eigenvalue weighted by Gasteiger charge is -2.29. The van der Waals surface area contributed by atoms with E-state index in [1.807, 2.05) is 0 Å². The summed E-state index contributed by atoms with van der Waals surface area (Å²) >= 11 is 0. The van der Waals surface area contributed by atoms with E-state index in [-0.39, 0.29) is 12.1 Å². The molecule has 0 radical (unpaired) electrons. The molecule has 256 valence electrons. The number of aromatic nitrogens is 1. The Morgan fingerprint density at radius 1 is 0.750 bits per heavy atom. The molecule has 0 spiro atoms. The van der Waals surface area contributed by atoms with Crippen LogP contribution in [0.15, 0.2) is 89.8 Å². The highest BCUT2D eigenvalue weighted by molar-refractivity contribution is 7.92. The van der Waals surface area contributed by atoms with Crippen LogP contribution < -0.4 is 18.1 Å². The van der Waals surface area contributed by atoms with Crippen LogP contribution in [0.1, 0.15) is 16.8 Å². The minimum absolute atomic E-state index is 0.222. The molecular weight excluding hydrogens is 709 g/mol. The smallest absolute Gasteiger partial charge is 0.406 e. The number of pyridine rings is 1. The van der Waals surface area contributed by atoms with Gasteiger partial charge in [-0.2, -0.15) is 34.8 Å². The molecule has 0 unspecified atom stereocenters. The molecule has 0 saturated heterocycles. The van der Waals surface area contributed by atoms with Crippen LogP contribution in [0, 0.1) is 0 Å². The van der Waals surface area contributed by atoms with Crippen LogP contribution in [0.4, 0.5) is 56.7 Å². The summed E-state index contributed by atoms with van der Waals surface area (Å²) in [6.45, 7) is -1.31. The van der Waals surface area contributed by atoms with Gasteiger partial charge in [0.2, 0.25) is 0 Å². The Kier molecular flexibility index (Phi) is 8.70. The minimum Gasteiger partial charge on any atom is -0.406 e. The Labute approximate surface area is 265 Å². The molecule has 0 fully saturated rings. The molecule has 0 N–H and O–H groups in total. The highest BCUT2D eigenvalue weighted by Gasteiger charge is 2.50. The fraction of sp³-hybridized carbons (Fsp3) is 0.179. The minimum atomic E-state index is -6.45. The van der Waals surface area contributed by atoms with Crippen molar-refractivity contribution in [2.75, 3.05) is 9.21 Å². The number of nitrogens with zero attached hydrogens (tertiary/aromatic N) is 3. The zero-order valence-corrected chi connectivity index (χ0v) is 25.1. The Bertz CT molecular complexity index is 2040. The predicted octanol–water partition coefficient (Wildman–Crippen LogP) is 7.27. The quantitative estimate of drug-likeness (QED) is 0.111. The summed E-state index contributed by atoms with van der Waals surface area (Å²) < 4.78 is 181. The molecule has 48 heavy (non-hydrogen) atoms. The molecule has 3 aromatic carbocycles. The van der Waals surface area contributed by atoms with Gasteiger partial charge < -0.3 is 13.8 Å². The Balaban J connectivity index is 1.79. The average molecular weight is 728 g/mol. The fourth-order valence-corrected chi connectivity index (χ4v) is 6.56. The van der Waals surface area contributed by atoms with Crippen molar-refractivity contribution in [2.24, 2.45) is 0 Å². The number of sulfonamides is 1. The molecule has 2 heterocycles. The summed E-state index contributed by atoms with van der Waals surface area (Å²) in [6, 6.07) is 14.6. The van der Waals surface area contributed by atoms with E-state index >= 15 is 0 Å². The van der Waals surface area contributed by atoms with Gasteiger partial charge in [-0.25, -0.2) is 13.4 Å². The first kappa shape index (κ1) is 34.6. The summed E-state index contributed by atoms with van der Waals surface area (Å²) in [5.41, 5.74) is -8.53. The third-order valence-corrected chi connectivity index (χ3v) is 9.37. The number of fused-ring (bicyclic) bond motifs is 2. The topological polar surface area (TPSA) is 106 Å². The number of hydrogen-bond acceptors (Lipinski definition) is 8.